The molecule has 0 radical (unpaired) electrons. The van der Waals surface area contributed by atoms with Crippen LogP contribution < -0.4 is 5.32 Å². The zero-order chi connectivity index (χ0) is 14.1. The Morgan fingerprint density at radius 1 is 0.950 bits per heavy atom. The zero-order valence-corrected chi connectivity index (χ0v) is 11.9. The fourth-order valence-corrected chi connectivity index (χ4v) is 3.61. The summed E-state index contributed by atoms with van der Waals surface area (Å²) in [6.45, 7) is 2.19. The number of aliphatic carboxylic acids is 1. The summed E-state index contributed by atoms with van der Waals surface area (Å²) in [6.07, 6.45) is 6.65. The molecule has 2 unspecified atom stereocenters. The van der Waals surface area contributed by atoms with Crippen LogP contribution in [0.25, 0.3) is 0 Å². The lowest BCUT2D eigenvalue weighted by atomic mass is 10.0. The Kier molecular flexibility index (Phi) is 3.96. The SMILES string of the molecule is O=C(O)C1CCC(C(=O)NC2CCN(C3CC3)CC2)C1. The average Bonchev–Trinajstić information content (AvgIpc) is 3.15. The van der Waals surface area contributed by atoms with Gasteiger partial charge < -0.3 is 15.3 Å². The number of rotatable bonds is 4. The van der Waals surface area contributed by atoms with E-state index in [2.05, 4.69) is 10.2 Å². The summed E-state index contributed by atoms with van der Waals surface area (Å²) in [6, 6.07) is 1.11. The summed E-state index contributed by atoms with van der Waals surface area (Å²) in [5, 5.41) is 12.1. The molecule has 3 rings (SSSR count). The van der Waals surface area contributed by atoms with Crippen LogP contribution in [0, 0.1) is 11.8 Å². The molecule has 1 amide bonds. The van der Waals surface area contributed by atoms with Gasteiger partial charge in [-0.1, -0.05) is 0 Å². The number of carbonyl (C=O) groups excluding carboxylic acids is 1. The van der Waals surface area contributed by atoms with E-state index < -0.39 is 5.97 Å². The Morgan fingerprint density at radius 3 is 2.15 bits per heavy atom. The van der Waals surface area contributed by atoms with Gasteiger partial charge in [0.25, 0.3) is 0 Å². The smallest absolute Gasteiger partial charge is 0.306 e. The Hall–Kier alpha value is -1.10. The Balaban J connectivity index is 1.42. The Labute approximate surface area is 119 Å². The van der Waals surface area contributed by atoms with E-state index >= 15 is 0 Å². The molecule has 1 heterocycles. The van der Waals surface area contributed by atoms with Crippen LogP contribution in [0.2, 0.25) is 0 Å². The van der Waals surface area contributed by atoms with E-state index in [9.17, 15) is 9.59 Å². The fourth-order valence-electron chi connectivity index (χ4n) is 3.61. The minimum absolute atomic E-state index is 0.0821. The van der Waals surface area contributed by atoms with Crippen molar-refractivity contribution in [2.24, 2.45) is 11.8 Å². The Morgan fingerprint density at radius 2 is 1.60 bits per heavy atom. The maximum atomic E-state index is 12.2. The second-order valence-corrected chi connectivity index (χ2v) is 6.60. The minimum atomic E-state index is -0.752. The van der Waals surface area contributed by atoms with Crippen LogP contribution in [0.1, 0.15) is 44.9 Å². The van der Waals surface area contributed by atoms with Crippen LogP contribution in [0.3, 0.4) is 0 Å². The van der Waals surface area contributed by atoms with Crippen molar-refractivity contribution in [3.63, 3.8) is 0 Å². The fraction of sp³-hybridized carbons (Fsp3) is 0.867. The van der Waals surface area contributed by atoms with Crippen molar-refractivity contribution in [3.05, 3.63) is 0 Å². The van der Waals surface area contributed by atoms with Crippen molar-refractivity contribution >= 4 is 11.9 Å². The number of piperidine rings is 1. The largest absolute Gasteiger partial charge is 0.481 e. The molecule has 0 aromatic heterocycles. The van der Waals surface area contributed by atoms with Crippen molar-refractivity contribution in [3.8, 4) is 0 Å². The zero-order valence-electron chi connectivity index (χ0n) is 11.9. The molecule has 0 bridgehead atoms. The lowest BCUT2D eigenvalue weighted by molar-refractivity contribution is -0.141. The first kappa shape index (κ1) is 13.9. The standard InChI is InChI=1S/C15H24N2O3/c18-14(10-1-2-11(9-10)15(19)20)16-12-5-7-17(8-6-12)13-3-4-13/h10-13H,1-9H2,(H,16,18)(H,19,20). The summed E-state index contributed by atoms with van der Waals surface area (Å²) < 4.78 is 0. The molecule has 0 spiro atoms. The van der Waals surface area contributed by atoms with E-state index in [0.29, 0.717) is 18.9 Å². The van der Waals surface area contributed by atoms with E-state index in [1.807, 2.05) is 0 Å². The van der Waals surface area contributed by atoms with Crippen LogP contribution in [-0.4, -0.2) is 47.1 Å². The number of nitrogens with zero attached hydrogens (tertiary/aromatic N) is 1. The normalized spacial score (nSPS) is 32.2. The quantitative estimate of drug-likeness (QED) is 0.812. The number of carboxylic acid groups (broad SMARTS) is 1. The molecule has 20 heavy (non-hydrogen) atoms. The van der Waals surface area contributed by atoms with Gasteiger partial charge in [0.15, 0.2) is 0 Å². The van der Waals surface area contributed by atoms with Crippen molar-refractivity contribution in [2.75, 3.05) is 13.1 Å². The lowest BCUT2D eigenvalue weighted by Crippen LogP contribution is -2.46. The van der Waals surface area contributed by atoms with Gasteiger partial charge in [-0.3, -0.25) is 9.59 Å². The van der Waals surface area contributed by atoms with Gasteiger partial charge in [-0.15, -0.1) is 0 Å². The first-order valence-corrected chi connectivity index (χ1v) is 7.90. The van der Waals surface area contributed by atoms with Gasteiger partial charge in [0.2, 0.25) is 5.91 Å². The number of carboxylic acids is 1. The molecule has 2 atom stereocenters. The van der Waals surface area contributed by atoms with Gasteiger partial charge in [0.05, 0.1) is 5.92 Å². The highest BCUT2D eigenvalue weighted by molar-refractivity contribution is 5.81. The predicted octanol–water partition coefficient (Wildman–Crippen LogP) is 1.23. The lowest BCUT2D eigenvalue weighted by Gasteiger charge is -2.32. The van der Waals surface area contributed by atoms with Crippen molar-refractivity contribution < 1.29 is 14.7 Å². The number of likely N-dealkylation sites (tertiary alicyclic amines) is 1. The second kappa shape index (κ2) is 5.72. The van der Waals surface area contributed by atoms with Gasteiger partial charge in [0, 0.05) is 31.1 Å². The average molecular weight is 280 g/mol. The second-order valence-electron chi connectivity index (χ2n) is 6.60. The highest BCUT2D eigenvalue weighted by Crippen LogP contribution is 2.32. The van der Waals surface area contributed by atoms with Crippen LogP contribution in [0.5, 0.6) is 0 Å². The van der Waals surface area contributed by atoms with Crippen molar-refractivity contribution in [2.45, 2.75) is 57.0 Å². The third-order valence-electron chi connectivity index (χ3n) is 5.09. The molecule has 5 nitrogen and oxygen atoms in total. The number of carbonyl (C=O) groups is 2. The van der Waals surface area contributed by atoms with Gasteiger partial charge in [-0.05, 0) is 44.9 Å². The van der Waals surface area contributed by atoms with Crippen LogP contribution >= 0.6 is 0 Å². The van der Waals surface area contributed by atoms with Gasteiger partial charge in [0.1, 0.15) is 0 Å². The summed E-state index contributed by atoms with van der Waals surface area (Å²) in [7, 11) is 0. The first-order chi connectivity index (χ1) is 9.63. The molecule has 1 saturated heterocycles. The first-order valence-electron chi connectivity index (χ1n) is 7.90. The topological polar surface area (TPSA) is 69.6 Å². The molecular weight excluding hydrogens is 256 g/mol. The molecule has 3 fully saturated rings. The van der Waals surface area contributed by atoms with E-state index in [0.717, 1.165) is 38.4 Å². The highest BCUT2D eigenvalue weighted by Gasteiger charge is 2.36. The number of hydrogen-bond acceptors (Lipinski definition) is 3. The predicted molar refractivity (Wildman–Crippen MR) is 74.2 cm³/mol. The van der Waals surface area contributed by atoms with E-state index in [-0.39, 0.29) is 17.7 Å². The molecule has 1 aliphatic heterocycles. The summed E-state index contributed by atoms with van der Waals surface area (Å²) in [5.74, 6) is -1.07. The molecule has 2 saturated carbocycles. The van der Waals surface area contributed by atoms with Gasteiger partial charge >= 0.3 is 5.97 Å². The van der Waals surface area contributed by atoms with Crippen LogP contribution in [0.15, 0.2) is 0 Å². The molecule has 112 valence electrons. The molecule has 2 aliphatic carbocycles. The number of hydrogen-bond donors (Lipinski definition) is 2. The monoisotopic (exact) mass is 280 g/mol. The molecule has 3 aliphatic rings. The summed E-state index contributed by atoms with van der Waals surface area (Å²) in [4.78, 5) is 25.7. The highest BCUT2D eigenvalue weighted by atomic mass is 16.4. The third-order valence-corrected chi connectivity index (χ3v) is 5.09. The van der Waals surface area contributed by atoms with Crippen molar-refractivity contribution in [1.29, 1.82) is 0 Å². The van der Waals surface area contributed by atoms with Crippen LogP contribution in [0.4, 0.5) is 0 Å². The van der Waals surface area contributed by atoms with Crippen LogP contribution in [-0.2, 0) is 9.59 Å². The van der Waals surface area contributed by atoms with Crippen molar-refractivity contribution in [1.82, 2.24) is 10.2 Å². The number of nitrogens with one attached hydrogen (secondary N) is 1. The molecule has 2 N–H and O–H groups in total. The third kappa shape index (κ3) is 3.14. The Bertz CT molecular complexity index is 387. The maximum Gasteiger partial charge on any atom is 0.306 e. The summed E-state index contributed by atoms with van der Waals surface area (Å²) in [5.41, 5.74) is 0. The van der Waals surface area contributed by atoms with Gasteiger partial charge in [-0.25, -0.2) is 0 Å². The molecule has 5 heteroatoms. The maximum absolute atomic E-state index is 12.2. The van der Waals surface area contributed by atoms with Gasteiger partial charge in [-0.2, -0.15) is 0 Å². The molecule has 0 aromatic rings. The molecular formula is C15H24N2O3. The number of amides is 1. The minimum Gasteiger partial charge on any atom is -0.481 e. The summed E-state index contributed by atoms with van der Waals surface area (Å²) >= 11 is 0. The molecule has 0 aromatic carbocycles. The van der Waals surface area contributed by atoms with E-state index in [1.54, 1.807) is 0 Å². The van der Waals surface area contributed by atoms with E-state index in [4.69, 9.17) is 5.11 Å². The van der Waals surface area contributed by atoms with E-state index in [1.165, 1.54) is 12.8 Å².